The summed E-state index contributed by atoms with van der Waals surface area (Å²) in [6.45, 7) is 8.68. The van der Waals surface area contributed by atoms with Crippen molar-refractivity contribution in [3.63, 3.8) is 0 Å². The third-order valence-electron chi connectivity index (χ3n) is 4.92. The van der Waals surface area contributed by atoms with E-state index in [1.165, 1.54) is 11.1 Å². The molecule has 0 amide bonds. The van der Waals surface area contributed by atoms with Gasteiger partial charge in [-0.2, -0.15) is 4.36 Å². The lowest BCUT2D eigenvalue weighted by molar-refractivity contribution is 0.374. The van der Waals surface area contributed by atoms with E-state index in [1.54, 1.807) is 0 Å². The lowest BCUT2D eigenvalue weighted by atomic mass is 9.74. The van der Waals surface area contributed by atoms with Crippen LogP contribution in [0.4, 0.5) is 5.69 Å². The summed E-state index contributed by atoms with van der Waals surface area (Å²) in [4.78, 5) is 0.847. The van der Waals surface area contributed by atoms with Crippen molar-refractivity contribution in [2.75, 3.05) is 5.75 Å². The molecule has 1 unspecified atom stereocenters. The van der Waals surface area contributed by atoms with Gasteiger partial charge in [0.2, 0.25) is 0 Å². The molecule has 0 spiro atoms. The van der Waals surface area contributed by atoms with Crippen LogP contribution in [0.1, 0.15) is 31.9 Å². The van der Waals surface area contributed by atoms with E-state index in [0.717, 1.165) is 10.6 Å². The summed E-state index contributed by atoms with van der Waals surface area (Å²) in [5, 5.41) is 0. The third-order valence-corrected chi connectivity index (χ3v) is 7.42. The van der Waals surface area contributed by atoms with E-state index in [2.05, 4.69) is 31.2 Å². The van der Waals surface area contributed by atoms with Crippen LogP contribution in [0.15, 0.2) is 57.8 Å². The number of aryl methyl sites for hydroxylation is 1. The van der Waals surface area contributed by atoms with E-state index < -0.39 is 9.73 Å². The first-order valence-corrected chi connectivity index (χ1v) is 9.45. The lowest BCUT2D eigenvalue weighted by Gasteiger charge is -2.39. The lowest BCUT2D eigenvalue weighted by Crippen LogP contribution is -2.38. The Hall–Kier alpha value is -1.61. The SMILES string of the molecule is Cc1ccc(S2(=O)=Nc3ccccc3[C@](C)(C(C)C)C2)cc1. The summed E-state index contributed by atoms with van der Waals surface area (Å²) in [6, 6.07) is 16.1. The second-order valence-corrected chi connectivity index (χ2v) is 9.00. The predicted octanol–water partition coefficient (Wildman–Crippen LogP) is 5.08. The summed E-state index contributed by atoms with van der Waals surface area (Å²) in [5.74, 6) is 0.980. The van der Waals surface area contributed by atoms with Crippen molar-refractivity contribution in [2.24, 2.45) is 10.3 Å². The smallest absolute Gasteiger partial charge is 0.0809 e. The number of rotatable bonds is 2. The van der Waals surface area contributed by atoms with Gasteiger partial charge in [0.15, 0.2) is 0 Å². The first-order valence-electron chi connectivity index (χ1n) is 7.76. The van der Waals surface area contributed by atoms with Gasteiger partial charge in [-0.05, 0) is 36.6 Å². The van der Waals surface area contributed by atoms with E-state index in [4.69, 9.17) is 0 Å². The van der Waals surface area contributed by atoms with E-state index in [-0.39, 0.29) is 5.41 Å². The summed E-state index contributed by atoms with van der Waals surface area (Å²) in [5.41, 5.74) is 3.15. The molecule has 1 heterocycles. The number of hydrogen-bond acceptors (Lipinski definition) is 2. The first kappa shape index (κ1) is 15.3. The Morgan fingerprint density at radius 3 is 2.36 bits per heavy atom. The van der Waals surface area contributed by atoms with E-state index >= 15 is 0 Å². The van der Waals surface area contributed by atoms with Crippen molar-refractivity contribution in [2.45, 2.75) is 38.0 Å². The minimum absolute atomic E-state index is 0.125. The highest BCUT2D eigenvalue weighted by Gasteiger charge is 2.40. The van der Waals surface area contributed by atoms with Gasteiger partial charge in [0.05, 0.1) is 15.4 Å². The van der Waals surface area contributed by atoms with Gasteiger partial charge in [0.25, 0.3) is 0 Å². The van der Waals surface area contributed by atoms with Crippen molar-refractivity contribution in [3.05, 3.63) is 59.7 Å². The summed E-state index contributed by atoms with van der Waals surface area (Å²) in [6.07, 6.45) is 0. The second-order valence-electron chi connectivity index (χ2n) is 6.78. The average Bonchev–Trinajstić information content (AvgIpc) is 2.47. The Morgan fingerprint density at radius 1 is 1.09 bits per heavy atom. The van der Waals surface area contributed by atoms with Gasteiger partial charge < -0.3 is 0 Å². The van der Waals surface area contributed by atoms with Crippen LogP contribution < -0.4 is 0 Å². The normalized spacial score (nSPS) is 27.3. The molecule has 2 aromatic carbocycles. The highest BCUT2D eigenvalue weighted by atomic mass is 32.2. The molecule has 2 aromatic rings. The number of fused-ring (bicyclic) bond motifs is 1. The fraction of sp³-hybridized carbons (Fsp3) is 0.368. The molecule has 2 nitrogen and oxygen atoms in total. The van der Waals surface area contributed by atoms with Crippen LogP contribution in [0.5, 0.6) is 0 Å². The third kappa shape index (κ3) is 2.38. The highest BCUT2D eigenvalue weighted by Crippen LogP contribution is 2.44. The van der Waals surface area contributed by atoms with Crippen molar-refractivity contribution in [3.8, 4) is 0 Å². The molecule has 0 saturated heterocycles. The average molecular weight is 313 g/mol. The van der Waals surface area contributed by atoms with Crippen molar-refractivity contribution >= 4 is 15.4 Å². The molecule has 0 aliphatic carbocycles. The zero-order valence-electron chi connectivity index (χ0n) is 13.7. The quantitative estimate of drug-likeness (QED) is 0.760. The Balaban J connectivity index is 2.25. The predicted molar refractivity (Wildman–Crippen MR) is 93.2 cm³/mol. The Kier molecular flexibility index (Phi) is 3.64. The van der Waals surface area contributed by atoms with Gasteiger partial charge in [0, 0.05) is 16.1 Å². The standard InChI is InChI=1S/C19H23NOS/c1-14(2)19(4)13-22(21,16-11-9-15(3)10-12-16)20-18-8-6-5-7-17(18)19/h5-12,14H,13H2,1-4H3/t19-,22?/m0/s1. The summed E-state index contributed by atoms with van der Waals surface area (Å²) >= 11 is 0. The molecule has 3 heteroatoms. The van der Waals surface area contributed by atoms with Gasteiger partial charge in [-0.1, -0.05) is 56.7 Å². The number of benzene rings is 2. The first-order chi connectivity index (χ1) is 10.3. The molecule has 22 heavy (non-hydrogen) atoms. The van der Waals surface area contributed by atoms with Crippen LogP contribution in [0, 0.1) is 12.8 Å². The van der Waals surface area contributed by atoms with E-state index in [1.807, 2.05) is 49.4 Å². The maximum atomic E-state index is 13.6. The molecule has 0 bridgehead atoms. The van der Waals surface area contributed by atoms with E-state index in [0.29, 0.717) is 11.7 Å². The topological polar surface area (TPSA) is 29.4 Å². The molecule has 0 aromatic heterocycles. The van der Waals surface area contributed by atoms with Crippen LogP contribution in [-0.2, 0) is 15.1 Å². The monoisotopic (exact) mass is 313 g/mol. The van der Waals surface area contributed by atoms with E-state index in [9.17, 15) is 4.21 Å². The van der Waals surface area contributed by atoms with Crippen molar-refractivity contribution < 1.29 is 4.21 Å². The van der Waals surface area contributed by atoms with Gasteiger partial charge >= 0.3 is 0 Å². The Morgan fingerprint density at radius 2 is 1.73 bits per heavy atom. The summed E-state index contributed by atoms with van der Waals surface area (Å²) in [7, 11) is -2.43. The van der Waals surface area contributed by atoms with Crippen LogP contribution in [-0.4, -0.2) is 9.96 Å². The fourth-order valence-corrected chi connectivity index (χ4v) is 5.75. The Bertz CT molecular complexity index is 814. The highest BCUT2D eigenvalue weighted by molar-refractivity contribution is 7.93. The molecule has 0 N–H and O–H groups in total. The maximum Gasteiger partial charge on any atom is 0.0809 e. The molecule has 3 rings (SSSR count). The Labute approximate surface area is 133 Å². The molecule has 0 saturated carbocycles. The van der Waals surface area contributed by atoms with Crippen LogP contribution in [0.2, 0.25) is 0 Å². The largest absolute Gasteiger partial charge is 0.244 e. The maximum absolute atomic E-state index is 13.6. The van der Waals surface area contributed by atoms with Gasteiger partial charge in [-0.3, -0.25) is 0 Å². The molecule has 0 radical (unpaired) electrons. The number of hydrogen-bond donors (Lipinski definition) is 0. The van der Waals surface area contributed by atoms with Gasteiger partial charge in [0.1, 0.15) is 0 Å². The zero-order chi connectivity index (χ0) is 16.0. The minimum Gasteiger partial charge on any atom is -0.244 e. The molecular formula is C19H23NOS. The molecule has 2 atom stereocenters. The van der Waals surface area contributed by atoms with Crippen LogP contribution in [0.25, 0.3) is 0 Å². The molecule has 116 valence electrons. The molecular weight excluding hydrogens is 290 g/mol. The van der Waals surface area contributed by atoms with Crippen LogP contribution in [0.3, 0.4) is 0 Å². The molecule has 1 aliphatic rings. The van der Waals surface area contributed by atoms with Crippen molar-refractivity contribution in [1.29, 1.82) is 0 Å². The van der Waals surface area contributed by atoms with Gasteiger partial charge in [-0.25, -0.2) is 4.21 Å². The zero-order valence-corrected chi connectivity index (χ0v) is 14.5. The second kappa shape index (κ2) is 5.24. The minimum atomic E-state index is -2.43. The van der Waals surface area contributed by atoms with Crippen LogP contribution >= 0.6 is 0 Å². The molecule has 0 fully saturated rings. The van der Waals surface area contributed by atoms with Gasteiger partial charge in [-0.15, -0.1) is 0 Å². The fourth-order valence-electron chi connectivity index (χ4n) is 3.08. The molecule has 1 aliphatic heterocycles. The van der Waals surface area contributed by atoms with Crippen molar-refractivity contribution in [1.82, 2.24) is 0 Å². The summed E-state index contributed by atoms with van der Waals surface area (Å²) < 4.78 is 18.3. The number of nitrogens with zero attached hydrogens (tertiary/aromatic N) is 1.